The lowest BCUT2D eigenvalue weighted by Crippen LogP contribution is -2.46. The molecule has 0 aromatic carbocycles. The Morgan fingerprint density at radius 3 is 2.05 bits per heavy atom. The fourth-order valence-electron chi connectivity index (χ4n) is 4.96. The van der Waals surface area contributed by atoms with E-state index in [1.165, 1.54) is 4.90 Å². The Morgan fingerprint density at radius 1 is 1.00 bits per heavy atom. The number of hydrogen-bond acceptors (Lipinski definition) is 3. The van der Waals surface area contributed by atoms with E-state index in [0.717, 1.165) is 32.1 Å². The molecular weight excluding hydrogens is 266 g/mol. The number of hydrogen-bond donors (Lipinski definition) is 1. The average Bonchev–Trinajstić information content (AvgIpc) is 3.08. The molecule has 4 heteroatoms. The molecule has 4 nitrogen and oxygen atoms in total. The zero-order valence-corrected chi connectivity index (χ0v) is 12.3. The summed E-state index contributed by atoms with van der Waals surface area (Å²) in [5, 5.41) is 10.8. The first kappa shape index (κ1) is 13.5. The SMILES string of the molecule is O=C1C2C3C=CC(C3)C2C(=O)N1CC1(O)CCCCCC1. The van der Waals surface area contributed by atoms with Crippen LogP contribution in [0.15, 0.2) is 12.2 Å². The molecule has 0 aromatic heterocycles. The molecule has 1 aliphatic heterocycles. The lowest BCUT2D eigenvalue weighted by molar-refractivity contribution is -0.145. The van der Waals surface area contributed by atoms with Gasteiger partial charge in [-0.15, -0.1) is 0 Å². The smallest absolute Gasteiger partial charge is 0.233 e. The van der Waals surface area contributed by atoms with Gasteiger partial charge in [-0.2, -0.15) is 0 Å². The molecule has 1 heterocycles. The van der Waals surface area contributed by atoms with Crippen LogP contribution in [-0.4, -0.2) is 34.0 Å². The molecule has 0 radical (unpaired) electrons. The molecule has 4 aliphatic rings. The monoisotopic (exact) mass is 289 g/mol. The number of imide groups is 1. The topological polar surface area (TPSA) is 57.6 Å². The van der Waals surface area contributed by atoms with Gasteiger partial charge in [0.1, 0.15) is 0 Å². The van der Waals surface area contributed by atoms with Crippen LogP contribution >= 0.6 is 0 Å². The van der Waals surface area contributed by atoms with E-state index >= 15 is 0 Å². The Balaban J connectivity index is 1.54. The van der Waals surface area contributed by atoms with Gasteiger partial charge in [0, 0.05) is 0 Å². The fourth-order valence-corrected chi connectivity index (χ4v) is 4.96. The highest BCUT2D eigenvalue weighted by Gasteiger charge is 2.59. The van der Waals surface area contributed by atoms with Gasteiger partial charge in [0.15, 0.2) is 0 Å². The van der Waals surface area contributed by atoms with Crippen molar-refractivity contribution in [3.8, 4) is 0 Å². The first-order valence-corrected chi connectivity index (χ1v) is 8.35. The van der Waals surface area contributed by atoms with Crippen molar-refractivity contribution in [2.45, 2.75) is 50.5 Å². The minimum atomic E-state index is -0.854. The van der Waals surface area contributed by atoms with Gasteiger partial charge in [0.25, 0.3) is 0 Å². The molecule has 0 spiro atoms. The van der Waals surface area contributed by atoms with Crippen LogP contribution in [-0.2, 0) is 9.59 Å². The lowest BCUT2D eigenvalue weighted by atomic mass is 9.85. The van der Waals surface area contributed by atoms with E-state index in [9.17, 15) is 14.7 Å². The van der Waals surface area contributed by atoms with E-state index in [2.05, 4.69) is 12.2 Å². The second kappa shape index (κ2) is 4.67. The highest BCUT2D eigenvalue weighted by Crippen LogP contribution is 2.52. The molecule has 2 amide bonds. The van der Waals surface area contributed by atoms with Gasteiger partial charge in [0.2, 0.25) is 11.8 Å². The molecule has 1 N–H and O–H groups in total. The minimum Gasteiger partial charge on any atom is -0.388 e. The Bertz CT molecular complexity index is 474. The van der Waals surface area contributed by atoms with Crippen LogP contribution in [0.2, 0.25) is 0 Å². The van der Waals surface area contributed by atoms with Crippen molar-refractivity contribution in [1.82, 2.24) is 4.90 Å². The summed E-state index contributed by atoms with van der Waals surface area (Å²) >= 11 is 0. The van der Waals surface area contributed by atoms with Crippen LogP contribution in [0.1, 0.15) is 44.9 Å². The molecule has 114 valence electrons. The zero-order chi connectivity index (χ0) is 14.6. The molecule has 2 bridgehead atoms. The number of fused-ring (bicyclic) bond motifs is 5. The summed E-state index contributed by atoms with van der Waals surface area (Å²) < 4.78 is 0. The molecule has 21 heavy (non-hydrogen) atoms. The first-order chi connectivity index (χ1) is 10.1. The summed E-state index contributed by atoms with van der Waals surface area (Å²) in [5.74, 6) is 0.179. The predicted molar refractivity (Wildman–Crippen MR) is 77.1 cm³/mol. The van der Waals surface area contributed by atoms with Crippen LogP contribution in [0.4, 0.5) is 0 Å². The number of carbonyl (C=O) groups excluding carboxylic acids is 2. The highest BCUT2D eigenvalue weighted by atomic mass is 16.3. The Labute approximate surface area is 125 Å². The van der Waals surface area contributed by atoms with E-state index in [1.54, 1.807) is 0 Å². The van der Waals surface area contributed by atoms with Gasteiger partial charge in [-0.25, -0.2) is 0 Å². The number of rotatable bonds is 2. The fraction of sp³-hybridized carbons (Fsp3) is 0.765. The molecule has 3 aliphatic carbocycles. The normalized spacial score (nSPS) is 40.7. The third-order valence-electron chi connectivity index (χ3n) is 6.05. The average molecular weight is 289 g/mol. The molecule has 4 atom stereocenters. The van der Waals surface area contributed by atoms with Crippen molar-refractivity contribution in [2.24, 2.45) is 23.7 Å². The number of carbonyl (C=O) groups is 2. The van der Waals surface area contributed by atoms with E-state index < -0.39 is 5.60 Å². The predicted octanol–water partition coefficient (Wildman–Crippen LogP) is 1.88. The van der Waals surface area contributed by atoms with Crippen molar-refractivity contribution in [3.05, 3.63) is 12.2 Å². The Morgan fingerprint density at radius 2 is 1.52 bits per heavy atom. The quantitative estimate of drug-likeness (QED) is 0.480. The second-order valence-corrected chi connectivity index (χ2v) is 7.40. The van der Waals surface area contributed by atoms with Crippen LogP contribution in [0.5, 0.6) is 0 Å². The molecular formula is C17H23NO3. The summed E-state index contributed by atoms with van der Waals surface area (Å²) in [6.07, 6.45) is 10.9. The van der Waals surface area contributed by atoms with Crippen LogP contribution in [0.3, 0.4) is 0 Å². The molecule has 2 saturated carbocycles. The van der Waals surface area contributed by atoms with Crippen LogP contribution in [0, 0.1) is 23.7 Å². The summed E-state index contributed by atoms with van der Waals surface area (Å²) in [6, 6.07) is 0. The number of allylic oxidation sites excluding steroid dienone is 2. The second-order valence-electron chi connectivity index (χ2n) is 7.40. The molecule has 0 aromatic rings. The first-order valence-electron chi connectivity index (χ1n) is 8.35. The molecule has 4 rings (SSSR count). The number of nitrogens with zero attached hydrogens (tertiary/aromatic N) is 1. The maximum Gasteiger partial charge on any atom is 0.233 e. The largest absolute Gasteiger partial charge is 0.388 e. The van der Waals surface area contributed by atoms with Gasteiger partial charge in [-0.1, -0.05) is 37.8 Å². The lowest BCUT2D eigenvalue weighted by Gasteiger charge is -2.31. The number of likely N-dealkylation sites (tertiary alicyclic amines) is 1. The maximum absolute atomic E-state index is 12.6. The molecule has 1 saturated heterocycles. The molecule has 4 unspecified atom stereocenters. The Kier molecular flexibility index (Phi) is 3.00. The summed E-state index contributed by atoms with van der Waals surface area (Å²) in [6.45, 7) is 0.219. The van der Waals surface area contributed by atoms with Gasteiger partial charge in [0.05, 0.1) is 24.0 Å². The zero-order valence-electron chi connectivity index (χ0n) is 12.3. The van der Waals surface area contributed by atoms with Gasteiger partial charge < -0.3 is 5.11 Å². The Hall–Kier alpha value is -1.16. The third-order valence-corrected chi connectivity index (χ3v) is 6.05. The van der Waals surface area contributed by atoms with Gasteiger partial charge in [-0.3, -0.25) is 14.5 Å². The van der Waals surface area contributed by atoms with Crippen molar-refractivity contribution < 1.29 is 14.7 Å². The van der Waals surface area contributed by atoms with Crippen molar-refractivity contribution >= 4 is 11.8 Å². The van der Waals surface area contributed by atoms with E-state index in [0.29, 0.717) is 12.8 Å². The van der Waals surface area contributed by atoms with Crippen LogP contribution < -0.4 is 0 Å². The number of β-amino-alcohol motifs (C(OH)–C–C–N with tert-alkyl or cyclic N) is 1. The van der Waals surface area contributed by atoms with E-state index in [1.807, 2.05) is 0 Å². The van der Waals surface area contributed by atoms with E-state index in [4.69, 9.17) is 0 Å². The van der Waals surface area contributed by atoms with Gasteiger partial charge in [-0.05, 0) is 31.1 Å². The van der Waals surface area contributed by atoms with Crippen LogP contribution in [0.25, 0.3) is 0 Å². The maximum atomic E-state index is 12.6. The summed E-state index contributed by atoms with van der Waals surface area (Å²) in [7, 11) is 0. The number of aliphatic hydroxyl groups is 1. The third kappa shape index (κ3) is 1.99. The molecule has 3 fully saturated rings. The summed E-state index contributed by atoms with van der Waals surface area (Å²) in [5.41, 5.74) is -0.854. The minimum absolute atomic E-state index is 0.0282. The highest BCUT2D eigenvalue weighted by molar-refractivity contribution is 6.06. The van der Waals surface area contributed by atoms with E-state index in [-0.39, 0.29) is 42.0 Å². The van der Waals surface area contributed by atoms with Crippen molar-refractivity contribution in [3.63, 3.8) is 0 Å². The van der Waals surface area contributed by atoms with Crippen molar-refractivity contribution in [2.75, 3.05) is 6.54 Å². The standard InChI is InChI=1S/C17H23NO3/c19-15-13-11-5-6-12(9-11)14(13)16(20)18(15)10-17(21)7-3-1-2-4-8-17/h5-6,11-14,21H,1-4,7-10H2. The number of amides is 2. The van der Waals surface area contributed by atoms with Crippen molar-refractivity contribution in [1.29, 1.82) is 0 Å². The summed E-state index contributed by atoms with van der Waals surface area (Å²) in [4.78, 5) is 26.7. The van der Waals surface area contributed by atoms with Gasteiger partial charge >= 0.3 is 0 Å².